The summed E-state index contributed by atoms with van der Waals surface area (Å²) in [6, 6.07) is 10.3. The van der Waals surface area contributed by atoms with Crippen molar-refractivity contribution in [2.45, 2.75) is 38.8 Å². The summed E-state index contributed by atoms with van der Waals surface area (Å²) in [5.41, 5.74) is 0.218. The lowest BCUT2D eigenvalue weighted by molar-refractivity contribution is -0.112. The van der Waals surface area contributed by atoms with E-state index < -0.39 is 29.3 Å². The highest BCUT2D eigenvalue weighted by atomic mass is 35.5. The molecule has 1 amide bonds. The van der Waals surface area contributed by atoms with Crippen molar-refractivity contribution < 1.29 is 24.2 Å². The van der Waals surface area contributed by atoms with Gasteiger partial charge in [-0.25, -0.2) is 4.79 Å². The molecule has 1 aliphatic rings. The Balaban J connectivity index is 1.85. The van der Waals surface area contributed by atoms with Crippen LogP contribution in [0, 0.1) is 0 Å². The number of halogens is 2. The number of hydrogen-bond acceptors (Lipinski definition) is 6. The highest BCUT2D eigenvalue weighted by Gasteiger charge is 2.37. The van der Waals surface area contributed by atoms with Crippen LogP contribution in [0.15, 0.2) is 48.0 Å². The molecule has 0 aliphatic heterocycles. The Labute approximate surface area is 208 Å². The number of Topliss-reactive ketones (excluding diaryl/α,β-unsaturated/α-hetero) is 2. The maximum atomic E-state index is 13.1. The molecule has 3 rings (SSSR count). The quantitative estimate of drug-likeness (QED) is 0.350. The predicted octanol–water partition coefficient (Wildman–Crippen LogP) is 5.27. The largest absolute Gasteiger partial charge is 0.507 e. The van der Waals surface area contributed by atoms with Crippen LogP contribution in [0.5, 0.6) is 0 Å². The van der Waals surface area contributed by atoms with Crippen LogP contribution in [0.1, 0.15) is 54.7 Å². The van der Waals surface area contributed by atoms with Crippen LogP contribution < -0.4 is 10.6 Å². The van der Waals surface area contributed by atoms with Gasteiger partial charge < -0.3 is 20.5 Å². The number of ketones is 2. The number of aliphatic hydroxyl groups excluding tert-OH is 1. The van der Waals surface area contributed by atoms with E-state index in [2.05, 4.69) is 10.6 Å². The van der Waals surface area contributed by atoms with Crippen LogP contribution in [-0.4, -0.2) is 41.5 Å². The van der Waals surface area contributed by atoms with Gasteiger partial charge in [0, 0.05) is 27.7 Å². The van der Waals surface area contributed by atoms with Gasteiger partial charge in [-0.3, -0.25) is 9.59 Å². The molecule has 34 heavy (non-hydrogen) atoms. The molecule has 7 nitrogen and oxygen atoms in total. The van der Waals surface area contributed by atoms with Gasteiger partial charge in [0.05, 0.1) is 11.6 Å². The van der Waals surface area contributed by atoms with E-state index in [1.807, 2.05) is 0 Å². The van der Waals surface area contributed by atoms with E-state index >= 15 is 0 Å². The third-order valence-electron chi connectivity index (χ3n) is 5.07. The number of amides is 1. The van der Waals surface area contributed by atoms with E-state index in [-0.39, 0.29) is 27.5 Å². The Morgan fingerprint density at radius 2 is 1.71 bits per heavy atom. The summed E-state index contributed by atoms with van der Waals surface area (Å²) in [7, 11) is 0. The minimum Gasteiger partial charge on any atom is -0.507 e. The molecule has 0 saturated carbocycles. The molecule has 0 radical (unpaired) electrons. The summed E-state index contributed by atoms with van der Waals surface area (Å²) >= 11 is 12.5. The normalized spacial score (nSPS) is 14.6. The highest BCUT2D eigenvalue weighted by Crippen LogP contribution is 2.37. The molecule has 1 atom stereocenters. The zero-order valence-corrected chi connectivity index (χ0v) is 20.6. The minimum absolute atomic E-state index is 0.0898. The van der Waals surface area contributed by atoms with Crippen molar-refractivity contribution in [3.8, 4) is 0 Å². The third kappa shape index (κ3) is 5.97. The average molecular weight is 505 g/mol. The first-order chi connectivity index (χ1) is 16.0. The van der Waals surface area contributed by atoms with Gasteiger partial charge in [0.15, 0.2) is 0 Å². The minimum atomic E-state index is -0.879. The van der Waals surface area contributed by atoms with Crippen molar-refractivity contribution in [2.75, 3.05) is 13.1 Å². The van der Waals surface area contributed by atoms with E-state index in [1.54, 1.807) is 51.1 Å². The molecule has 1 unspecified atom stereocenters. The molecule has 0 saturated heterocycles. The molecule has 0 heterocycles. The van der Waals surface area contributed by atoms with Gasteiger partial charge >= 0.3 is 6.09 Å². The summed E-state index contributed by atoms with van der Waals surface area (Å²) in [6.45, 7) is 5.96. The van der Waals surface area contributed by atoms with Crippen LogP contribution in [0.25, 0.3) is 5.76 Å². The number of ether oxygens (including phenoxy) is 1. The van der Waals surface area contributed by atoms with E-state index in [0.29, 0.717) is 30.1 Å². The van der Waals surface area contributed by atoms with Gasteiger partial charge in [-0.2, -0.15) is 0 Å². The number of benzene rings is 2. The van der Waals surface area contributed by atoms with Gasteiger partial charge in [0.25, 0.3) is 0 Å². The van der Waals surface area contributed by atoms with Gasteiger partial charge in [0.1, 0.15) is 11.4 Å². The zero-order valence-electron chi connectivity index (χ0n) is 19.1. The number of alkyl carbamates (subject to hydrolysis) is 1. The molecule has 9 heteroatoms. The van der Waals surface area contributed by atoms with Gasteiger partial charge in [-0.05, 0) is 51.4 Å². The Hall–Kier alpha value is -2.87. The number of fused-ring (bicyclic) bond motifs is 1. The predicted molar refractivity (Wildman–Crippen MR) is 131 cm³/mol. The summed E-state index contributed by atoms with van der Waals surface area (Å²) in [4.78, 5) is 37.7. The number of carbonyl (C=O) groups excluding carboxylic acids is 3. The first kappa shape index (κ1) is 25.7. The molecule has 2 aromatic rings. The Kier molecular flexibility index (Phi) is 8.02. The van der Waals surface area contributed by atoms with Crippen molar-refractivity contribution in [1.82, 2.24) is 10.6 Å². The number of hydrogen-bond donors (Lipinski definition) is 3. The van der Waals surface area contributed by atoms with E-state index in [4.69, 9.17) is 27.9 Å². The lowest BCUT2D eigenvalue weighted by Crippen LogP contribution is -2.36. The van der Waals surface area contributed by atoms with Gasteiger partial charge in [0.2, 0.25) is 11.6 Å². The molecule has 2 aromatic carbocycles. The zero-order chi connectivity index (χ0) is 25.0. The second-order valence-electron chi connectivity index (χ2n) is 8.80. The number of aliphatic hydroxyl groups is 1. The fourth-order valence-corrected chi connectivity index (χ4v) is 4.11. The molecule has 3 N–H and O–H groups in total. The fraction of sp³-hybridized carbons (Fsp3) is 0.320. The molecule has 0 bridgehead atoms. The molecule has 0 fully saturated rings. The Bertz CT molecular complexity index is 1150. The Morgan fingerprint density at radius 3 is 2.35 bits per heavy atom. The van der Waals surface area contributed by atoms with Crippen molar-refractivity contribution in [3.05, 3.63) is 74.8 Å². The van der Waals surface area contributed by atoms with E-state index in [1.165, 1.54) is 12.1 Å². The molecule has 1 aliphatic carbocycles. The first-order valence-electron chi connectivity index (χ1n) is 10.8. The van der Waals surface area contributed by atoms with Gasteiger partial charge in [-0.15, -0.1) is 0 Å². The van der Waals surface area contributed by atoms with Crippen molar-refractivity contribution in [2.24, 2.45) is 0 Å². The fourth-order valence-electron chi connectivity index (χ4n) is 3.60. The maximum Gasteiger partial charge on any atom is 0.407 e. The first-order valence-corrected chi connectivity index (χ1v) is 11.5. The Morgan fingerprint density at radius 1 is 1.03 bits per heavy atom. The topological polar surface area (TPSA) is 105 Å². The number of nitrogens with one attached hydrogen (secondary N) is 2. The van der Waals surface area contributed by atoms with Gasteiger partial charge in [-0.1, -0.05) is 53.5 Å². The average Bonchev–Trinajstić information content (AvgIpc) is 2.75. The van der Waals surface area contributed by atoms with Crippen LogP contribution in [0.2, 0.25) is 10.0 Å². The lowest BCUT2D eigenvalue weighted by Gasteiger charge is -2.26. The smallest absolute Gasteiger partial charge is 0.407 e. The monoisotopic (exact) mass is 504 g/mol. The SMILES string of the molecule is CC(C)(C)OC(=O)NCCCNC(C1=C(O)c2ccccc2C(=O)C1=O)c1ccc(Cl)cc1Cl. The van der Waals surface area contributed by atoms with Crippen LogP contribution in [0.4, 0.5) is 4.79 Å². The summed E-state index contributed by atoms with van der Waals surface area (Å²) in [5.74, 6) is -1.80. The molecular formula is C25H26Cl2N2O5. The van der Waals surface area contributed by atoms with Crippen molar-refractivity contribution in [1.29, 1.82) is 0 Å². The number of rotatable bonds is 7. The third-order valence-corrected chi connectivity index (χ3v) is 5.63. The van der Waals surface area contributed by atoms with Crippen molar-refractivity contribution >= 4 is 46.6 Å². The highest BCUT2D eigenvalue weighted by molar-refractivity contribution is 6.52. The van der Waals surface area contributed by atoms with E-state index in [0.717, 1.165) is 0 Å². The van der Waals surface area contributed by atoms with E-state index in [9.17, 15) is 19.5 Å². The molecule has 0 spiro atoms. The molecule has 180 valence electrons. The second kappa shape index (κ2) is 10.6. The van der Waals surface area contributed by atoms with Crippen molar-refractivity contribution in [3.63, 3.8) is 0 Å². The summed E-state index contributed by atoms with van der Waals surface area (Å²) in [5, 5.41) is 17.5. The lowest BCUT2D eigenvalue weighted by atomic mass is 9.83. The standard InChI is InChI=1S/C25H26Cl2N2O5/c1-25(2,3)34-24(33)29-12-6-11-28-20(17-10-9-14(26)13-18(17)27)19-21(30)15-7-4-5-8-16(15)22(31)23(19)32/h4-5,7-10,13,20,28,30H,6,11-12H2,1-3H3,(H,29,33). The number of carbonyl (C=O) groups is 3. The summed E-state index contributed by atoms with van der Waals surface area (Å²) < 4.78 is 5.21. The molecule has 0 aromatic heterocycles. The summed E-state index contributed by atoms with van der Waals surface area (Å²) in [6.07, 6.45) is -0.0527. The second-order valence-corrected chi connectivity index (χ2v) is 9.64. The van der Waals surface area contributed by atoms with Crippen LogP contribution in [0.3, 0.4) is 0 Å². The maximum absolute atomic E-state index is 13.1. The van der Waals surface area contributed by atoms with Crippen LogP contribution >= 0.6 is 23.2 Å². The molecular weight excluding hydrogens is 479 g/mol. The van der Waals surface area contributed by atoms with Crippen LogP contribution in [-0.2, 0) is 9.53 Å².